The summed E-state index contributed by atoms with van der Waals surface area (Å²) in [5, 5.41) is 6.49. The Bertz CT molecular complexity index is 783. The summed E-state index contributed by atoms with van der Waals surface area (Å²) in [4.78, 5) is 4.24. The molecule has 0 saturated carbocycles. The van der Waals surface area contributed by atoms with Gasteiger partial charge in [0.25, 0.3) is 0 Å². The molecule has 0 aliphatic carbocycles. The van der Waals surface area contributed by atoms with Gasteiger partial charge in [-0.25, -0.2) is 4.39 Å². The molecule has 2 aromatic rings. The first kappa shape index (κ1) is 21.3. The van der Waals surface area contributed by atoms with Gasteiger partial charge in [0.05, 0.1) is 20.8 Å². The smallest absolute Gasteiger partial charge is 0.191 e. The first-order valence-electron chi connectivity index (χ1n) is 9.17. The maximum absolute atomic E-state index is 13.3. The second kappa shape index (κ2) is 11.0. The Kier molecular flexibility index (Phi) is 8.39. The number of aliphatic imine (C=N–C) groups is 1. The van der Waals surface area contributed by atoms with Crippen molar-refractivity contribution in [2.24, 2.45) is 4.99 Å². The van der Waals surface area contributed by atoms with E-state index in [-0.39, 0.29) is 11.9 Å². The molecule has 0 radical (unpaired) electrons. The van der Waals surface area contributed by atoms with E-state index in [0.717, 1.165) is 12.0 Å². The number of guanidine groups is 1. The molecule has 0 spiro atoms. The molecule has 2 aromatic carbocycles. The summed E-state index contributed by atoms with van der Waals surface area (Å²) in [6, 6.07) is 11.9. The highest BCUT2D eigenvalue weighted by molar-refractivity contribution is 5.79. The van der Waals surface area contributed by atoms with E-state index in [4.69, 9.17) is 14.2 Å². The van der Waals surface area contributed by atoms with Crippen molar-refractivity contribution in [2.75, 3.05) is 27.8 Å². The Morgan fingerprint density at radius 2 is 1.89 bits per heavy atom. The van der Waals surface area contributed by atoms with E-state index in [9.17, 15) is 4.39 Å². The highest BCUT2D eigenvalue weighted by Crippen LogP contribution is 2.30. The van der Waals surface area contributed by atoms with Gasteiger partial charge in [-0.15, -0.1) is 0 Å². The molecule has 0 heterocycles. The van der Waals surface area contributed by atoms with Gasteiger partial charge < -0.3 is 24.8 Å². The summed E-state index contributed by atoms with van der Waals surface area (Å²) < 4.78 is 29.9. The maximum atomic E-state index is 13.3. The third-order valence-electron chi connectivity index (χ3n) is 4.21. The summed E-state index contributed by atoms with van der Waals surface area (Å²) in [6.45, 7) is 3.06. The van der Waals surface area contributed by atoms with Crippen LogP contribution in [0.5, 0.6) is 17.2 Å². The number of ether oxygens (including phenoxy) is 3. The standard InChI is InChI=1S/C21H28FN3O3/c1-5-17(28-18-10-7-9-16(22)12-18)14-25-21(23-2)24-13-15-8-6-11-19(26-3)20(15)27-4/h6-12,17H,5,13-14H2,1-4H3,(H2,23,24,25). The van der Waals surface area contributed by atoms with Crippen LogP contribution in [0, 0.1) is 5.82 Å². The monoisotopic (exact) mass is 389 g/mol. The average Bonchev–Trinajstić information content (AvgIpc) is 2.72. The minimum absolute atomic E-state index is 0.119. The predicted octanol–water partition coefficient (Wildman–Crippen LogP) is 3.37. The normalized spacial score (nSPS) is 12.2. The zero-order valence-electron chi connectivity index (χ0n) is 16.8. The molecule has 0 aliphatic heterocycles. The summed E-state index contributed by atoms with van der Waals surface area (Å²) in [5.74, 6) is 2.20. The van der Waals surface area contributed by atoms with Crippen molar-refractivity contribution >= 4 is 5.96 Å². The number of halogens is 1. The second-order valence-corrected chi connectivity index (χ2v) is 6.06. The quantitative estimate of drug-likeness (QED) is 0.509. The minimum Gasteiger partial charge on any atom is -0.493 e. The molecule has 2 N–H and O–H groups in total. The Labute approximate surface area is 165 Å². The van der Waals surface area contributed by atoms with E-state index < -0.39 is 0 Å². The minimum atomic E-state index is -0.315. The molecule has 0 fully saturated rings. The molecular weight excluding hydrogens is 361 g/mol. The van der Waals surface area contributed by atoms with E-state index >= 15 is 0 Å². The van der Waals surface area contributed by atoms with Gasteiger partial charge in [0.15, 0.2) is 17.5 Å². The molecule has 1 atom stereocenters. The van der Waals surface area contributed by atoms with Gasteiger partial charge in [0.1, 0.15) is 17.7 Å². The summed E-state index contributed by atoms with van der Waals surface area (Å²) in [7, 11) is 4.93. The summed E-state index contributed by atoms with van der Waals surface area (Å²) in [6.07, 6.45) is 0.649. The molecule has 1 unspecified atom stereocenters. The molecule has 28 heavy (non-hydrogen) atoms. The van der Waals surface area contributed by atoms with Gasteiger partial charge in [-0.05, 0) is 24.6 Å². The maximum Gasteiger partial charge on any atom is 0.191 e. The van der Waals surface area contributed by atoms with Crippen LogP contribution in [0.25, 0.3) is 0 Å². The lowest BCUT2D eigenvalue weighted by Crippen LogP contribution is -2.42. The molecule has 152 valence electrons. The topological polar surface area (TPSA) is 64.1 Å². The molecule has 6 nitrogen and oxygen atoms in total. The van der Waals surface area contributed by atoms with E-state index in [0.29, 0.717) is 36.3 Å². The SMILES string of the molecule is CCC(CNC(=NC)NCc1cccc(OC)c1OC)Oc1cccc(F)c1. The number of hydrogen-bond acceptors (Lipinski definition) is 4. The van der Waals surface area contributed by atoms with Crippen molar-refractivity contribution in [1.29, 1.82) is 0 Å². The van der Waals surface area contributed by atoms with Crippen LogP contribution < -0.4 is 24.8 Å². The third kappa shape index (κ3) is 6.04. The lowest BCUT2D eigenvalue weighted by Gasteiger charge is -2.20. The van der Waals surface area contributed by atoms with Crippen LogP contribution in [0.3, 0.4) is 0 Å². The number of hydrogen-bond donors (Lipinski definition) is 2. The fourth-order valence-electron chi connectivity index (χ4n) is 2.71. The van der Waals surface area contributed by atoms with Crippen LogP contribution in [0.2, 0.25) is 0 Å². The van der Waals surface area contributed by atoms with E-state index in [1.807, 2.05) is 25.1 Å². The highest BCUT2D eigenvalue weighted by Gasteiger charge is 2.12. The van der Waals surface area contributed by atoms with Gasteiger partial charge in [-0.2, -0.15) is 0 Å². The molecule has 2 rings (SSSR count). The first-order valence-corrected chi connectivity index (χ1v) is 9.17. The molecule has 0 amide bonds. The first-order chi connectivity index (χ1) is 13.6. The summed E-state index contributed by atoms with van der Waals surface area (Å²) >= 11 is 0. The fourth-order valence-corrected chi connectivity index (χ4v) is 2.71. The van der Waals surface area contributed by atoms with Crippen LogP contribution in [0.15, 0.2) is 47.5 Å². The molecule has 0 bridgehead atoms. The van der Waals surface area contributed by atoms with Crippen molar-refractivity contribution in [3.8, 4) is 17.2 Å². The van der Waals surface area contributed by atoms with E-state index in [1.165, 1.54) is 12.1 Å². The molecular formula is C21H28FN3O3. The zero-order chi connectivity index (χ0) is 20.4. The fraction of sp³-hybridized carbons (Fsp3) is 0.381. The molecule has 0 saturated heterocycles. The van der Waals surface area contributed by atoms with Crippen LogP contribution in [0.1, 0.15) is 18.9 Å². The number of nitrogens with one attached hydrogen (secondary N) is 2. The largest absolute Gasteiger partial charge is 0.493 e. The third-order valence-corrected chi connectivity index (χ3v) is 4.21. The Balaban J connectivity index is 1.92. The van der Waals surface area contributed by atoms with Gasteiger partial charge in [0, 0.05) is 25.2 Å². The van der Waals surface area contributed by atoms with Crippen LogP contribution >= 0.6 is 0 Å². The van der Waals surface area contributed by atoms with Crippen molar-refractivity contribution in [1.82, 2.24) is 10.6 Å². The van der Waals surface area contributed by atoms with Crippen LogP contribution in [0.4, 0.5) is 4.39 Å². The van der Waals surface area contributed by atoms with Crippen molar-refractivity contribution in [3.63, 3.8) is 0 Å². The number of benzene rings is 2. The summed E-state index contributed by atoms with van der Waals surface area (Å²) in [5.41, 5.74) is 0.952. The molecule has 7 heteroatoms. The number of rotatable bonds is 9. The zero-order valence-corrected chi connectivity index (χ0v) is 16.8. The van der Waals surface area contributed by atoms with Gasteiger partial charge in [-0.1, -0.05) is 25.1 Å². The van der Waals surface area contributed by atoms with Gasteiger partial charge >= 0.3 is 0 Å². The van der Waals surface area contributed by atoms with Crippen molar-refractivity contribution in [2.45, 2.75) is 26.0 Å². The Morgan fingerprint density at radius 1 is 1.11 bits per heavy atom. The van der Waals surface area contributed by atoms with Crippen molar-refractivity contribution in [3.05, 3.63) is 53.8 Å². The molecule has 0 aromatic heterocycles. The van der Waals surface area contributed by atoms with Gasteiger partial charge in [0.2, 0.25) is 0 Å². The number of nitrogens with zero attached hydrogens (tertiary/aromatic N) is 1. The van der Waals surface area contributed by atoms with Crippen LogP contribution in [-0.2, 0) is 6.54 Å². The van der Waals surface area contributed by atoms with Crippen LogP contribution in [-0.4, -0.2) is 39.9 Å². The Morgan fingerprint density at radius 3 is 2.54 bits per heavy atom. The Hall–Kier alpha value is -2.96. The van der Waals surface area contributed by atoms with E-state index in [1.54, 1.807) is 33.4 Å². The lowest BCUT2D eigenvalue weighted by molar-refractivity contribution is 0.198. The number of para-hydroxylation sites is 1. The van der Waals surface area contributed by atoms with E-state index in [2.05, 4.69) is 15.6 Å². The van der Waals surface area contributed by atoms with Gasteiger partial charge in [-0.3, -0.25) is 4.99 Å². The average molecular weight is 389 g/mol. The highest BCUT2D eigenvalue weighted by atomic mass is 19.1. The number of methoxy groups -OCH3 is 2. The lowest BCUT2D eigenvalue weighted by atomic mass is 10.2. The van der Waals surface area contributed by atoms with Crippen molar-refractivity contribution < 1.29 is 18.6 Å². The molecule has 0 aliphatic rings. The second-order valence-electron chi connectivity index (χ2n) is 6.06. The predicted molar refractivity (Wildman–Crippen MR) is 109 cm³/mol.